The molecule has 132 valence electrons. The van der Waals surface area contributed by atoms with E-state index in [9.17, 15) is 4.79 Å². The molecule has 0 bridgehead atoms. The van der Waals surface area contributed by atoms with Crippen LogP contribution in [0.2, 0.25) is 0 Å². The van der Waals surface area contributed by atoms with Gasteiger partial charge in [-0.25, -0.2) is 0 Å². The van der Waals surface area contributed by atoms with Crippen LogP contribution in [0.25, 0.3) is 0 Å². The van der Waals surface area contributed by atoms with Gasteiger partial charge in [0, 0.05) is 24.0 Å². The molecule has 0 atom stereocenters. The fourth-order valence-electron chi connectivity index (χ4n) is 2.58. The first-order valence-electron chi connectivity index (χ1n) is 8.18. The number of aryl methyl sites for hydroxylation is 2. The van der Waals surface area contributed by atoms with Crippen LogP contribution in [-0.2, 0) is 4.79 Å². The van der Waals surface area contributed by atoms with E-state index in [1.165, 1.54) is 6.92 Å². The third-order valence-corrected chi connectivity index (χ3v) is 3.51. The van der Waals surface area contributed by atoms with Crippen LogP contribution in [0.3, 0.4) is 0 Å². The smallest absolute Gasteiger partial charge is 0.249 e. The van der Waals surface area contributed by atoms with E-state index in [4.69, 9.17) is 0 Å². The monoisotopic (exact) mass is 348 g/mol. The molecule has 1 amide bonds. The van der Waals surface area contributed by atoms with E-state index in [0.29, 0.717) is 11.8 Å². The summed E-state index contributed by atoms with van der Waals surface area (Å²) < 4.78 is 0. The Morgan fingerprint density at radius 1 is 0.885 bits per heavy atom. The Morgan fingerprint density at radius 2 is 1.54 bits per heavy atom. The maximum atomic E-state index is 11.1. The van der Waals surface area contributed by atoms with E-state index in [1.807, 2.05) is 50.2 Å². The molecule has 3 N–H and O–H groups in total. The maximum absolute atomic E-state index is 11.1. The van der Waals surface area contributed by atoms with Gasteiger partial charge in [0.2, 0.25) is 11.9 Å². The molecule has 0 saturated carbocycles. The predicted octanol–water partition coefficient (Wildman–Crippen LogP) is 3.93. The lowest BCUT2D eigenvalue weighted by molar-refractivity contribution is -0.114. The van der Waals surface area contributed by atoms with Gasteiger partial charge in [0.05, 0.1) is 6.20 Å². The molecule has 3 aromatic rings. The summed E-state index contributed by atoms with van der Waals surface area (Å²) in [4.78, 5) is 15.5. The van der Waals surface area contributed by atoms with Gasteiger partial charge in [-0.3, -0.25) is 4.79 Å². The van der Waals surface area contributed by atoms with Crippen LogP contribution in [-0.4, -0.2) is 21.1 Å². The zero-order chi connectivity index (χ0) is 18.5. The van der Waals surface area contributed by atoms with E-state index in [1.54, 1.807) is 6.20 Å². The van der Waals surface area contributed by atoms with Crippen LogP contribution in [0.15, 0.2) is 48.7 Å². The second kappa shape index (κ2) is 7.60. The summed E-state index contributed by atoms with van der Waals surface area (Å²) in [6.45, 7) is 5.56. The van der Waals surface area contributed by atoms with E-state index >= 15 is 0 Å². The third-order valence-electron chi connectivity index (χ3n) is 3.51. The summed E-state index contributed by atoms with van der Waals surface area (Å²) in [6, 6.07) is 13.5. The summed E-state index contributed by atoms with van der Waals surface area (Å²) in [6.07, 6.45) is 1.55. The van der Waals surface area contributed by atoms with Crippen molar-refractivity contribution in [1.29, 1.82) is 0 Å². The van der Waals surface area contributed by atoms with Crippen LogP contribution >= 0.6 is 0 Å². The fourth-order valence-corrected chi connectivity index (χ4v) is 2.58. The van der Waals surface area contributed by atoms with Crippen molar-refractivity contribution in [2.75, 3.05) is 16.0 Å². The SMILES string of the molecule is CC(=O)Nc1ccc(Nc2cnnc(Nc3cc(C)cc(C)c3)n2)cc1. The molecule has 0 spiro atoms. The molecular weight excluding hydrogens is 328 g/mol. The van der Waals surface area contributed by atoms with E-state index in [-0.39, 0.29) is 5.91 Å². The van der Waals surface area contributed by atoms with Crippen molar-refractivity contribution in [3.05, 3.63) is 59.8 Å². The van der Waals surface area contributed by atoms with E-state index in [0.717, 1.165) is 28.2 Å². The summed E-state index contributed by atoms with van der Waals surface area (Å²) >= 11 is 0. The summed E-state index contributed by atoms with van der Waals surface area (Å²) in [5, 5.41) is 17.1. The molecule has 0 unspecified atom stereocenters. The van der Waals surface area contributed by atoms with Crippen LogP contribution in [0.4, 0.5) is 28.8 Å². The summed E-state index contributed by atoms with van der Waals surface area (Å²) in [5.74, 6) is 0.877. The Morgan fingerprint density at radius 3 is 2.19 bits per heavy atom. The summed E-state index contributed by atoms with van der Waals surface area (Å²) in [5.41, 5.74) is 4.81. The first kappa shape index (κ1) is 17.3. The average molecular weight is 348 g/mol. The molecule has 0 radical (unpaired) electrons. The van der Waals surface area contributed by atoms with E-state index in [2.05, 4.69) is 37.2 Å². The van der Waals surface area contributed by atoms with Crippen molar-refractivity contribution in [2.45, 2.75) is 20.8 Å². The molecule has 0 aliphatic heterocycles. The first-order chi connectivity index (χ1) is 12.5. The molecule has 1 heterocycles. The van der Waals surface area contributed by atoms with Crippen molar-refractivity contribution in [1.82, 2.24) is 15.2 Å². The number of carbonyl (C=O) groups excluding carboxylic acids is 1. The standard InChI is InChI=1S/C19H20N6O/c1-12-8-13(2)10-17(9-12)23-19-24-18(11-20-25-19)22-16-6-4-15(5-7-16)21-14(3)26/h4-11H,1-3H3,(H,21,26)(H2,22,23,24,25). The molecule has 0 fully saturated rings. The van der Waals surface area contributed by atoms with Crippen molar-refractivity contribution < 1.29 is 4.79 Å². The molecule has 0 aliphatic rings. The van der Waals surface area contributed by atoms with Gasteiger partial charge >= 0.3 is 0 Å². The third kappa shape index (κ3) is 4.76. The van der Waals surface area contributed by atoms with Gasteiger partial charge in [-0.15, -0.1) is 5.10 Å². The zero-order valence-corrected chi connectivity index (χ0v) is 14.9. The number of hydrogen-bond donors (Lipinski definition) is 3. The number of aromatic nitrogens is 3. The molecule has 1 aromatic heterocycles. The van der Waals surface area contributed by atoms with Gasteiger partial charge in [-0.2, -0.15) is 10.1 Å². The number of nitrogens with one attached hydrogen (secondary N) is 3. The van der Waals surface area contributed by atoms with Crippen molar-refractivity contribution >= 4 is 34.7 Å². The molecule has 7 heteroatoms. The number of rotatable bonds is 5. The first-order valence-corrected chi connectivity index (χ1v) is 8.18. The number of amides is 1. The molecule has 7 nitrogen and oxygen atoms in total. The molecular formula is C19H20N6O. The Kier molecular flexibility index (Phi) is 5.07. The second-order valence-electron chi connectivity index (χ2n) is 6.05. The van der Waals surface area contributed by atoms with Crippen LogP contribution in [0.5, 0.6) is 0 Å². The summed E-state index contributed by atoms with van der Waals surface area (Å²) in [7, 11) is 0. The van der Waals surface area contributed by atoms with Crippen molar-refractivity contribution in [3.63, 3.8) is 0 Å². The molecule has 3 rings (SSSR count). The van der Waals surface area contributed by atoms with Crippen LogP contribution in [0, 0.1) is 13.8 Å². The fraction of sp³-hybridized carbons (Fsp3) is 0.158. The maximum Gasteiger partial charge on any atom is 0.249 e. The minimum Gasteiger partial charge on any atom is -0.339 e. The minimum atomic E-state index is -0.104. The highest BCUT2D eigenvalue weighted by molar-refractivity contribution is 5.88. The lowest BCUT2D eigenvalue weighted by Gasteiger charge is -2.09. The van der Waals surface area contributed by atoms with Gasteiger partial charge < -0.3 is 16.0 Å². The van der Waals surface area contributed by atoms with Gasteiger partial charge in [-0.1, -0.05) is 6.07 Å². The average Bonchev–Trinajstić information content (AvgIpc) is 2.55. The molecule has 0 aliphatic carbocycles. The quantitative estimate of drug-likeness (QED) is 0.647. The highest BCUT2D eigenvalue weighted by atomic mass is 16.1. The Labute approximate surface area is 151 Å². The van der Waals surface area contributed by atoms with Gasteiger partial charge in [0.1, 0.15) is 0 Å². The predicted molar refractivity (Wildman–Crippen MR) is 103 cm³/mol. The number of benzene rings is 2. The zero-order valence-electron chi connectivity index (χ0n) is 14.9. The van der Waals surface area contributed by atoms with Crippen molar-refractivity contribution in [2.24, 2.45) is 0 Å². The highest BCUT2D eigenvalue weighted by Gasteiger charge is 2.04. The normalized spacial score (nSPS) is 10.3. The lowest BCUT2D eigenvalue weighted by atomic mass is 10.1. The van der Waals surface area contributed by atoms with Crippen LogP contribution < -0.4 is 16.0 Å². The molecule has 2 aromatic carbocycles. The van der Waals surface area contributed by atoms with Gasteiger partial charge in [-0.05, 0) is 61.4 Å². The Bertz CT molecular complexity index is 903. The lowest BCUT2D eigenvalue weighted by Crippen LogP contribution is -2.05. The second-order valence-corrected chi connectivity index (χ2v) is 6.05. The molecule has 26 heavy (non-hydrogen) atoms. The number of anilines is 5. The Balaban J connectivity index is 1.71. The van der Waals surface area contributed by atoms with Crippen molar-refractivity contribution in [3.8, 4) is 0 Å². The Hall–Kier alpha value is -3.48. The largest absolute Gasteiger partial charge is 0.339 e. The minimum absolute atomic E-state index is 0.104. The highest BCUT2D eigenvalue weighted by Crippen LogP contribution is 2.20. The van der Waals surface area contributed by atoms with E-state index < -0.39 is 0 Å². The topological polar surface area (TPSA) is 91.8 Å². The van der Waals surface area contributed by atoms with Gasteiger partial charge in [0.15, 0.2) is 5.82 Å². The van der Waals surface area contributed by atoms with Gasteiger partial charge in [0.25, 0.3) is 0 Å². The number of carbonyl (C=O) groups is 1. The number of hydrogen-bond acceptors (Lipinski definition) is 6. The number of nitrogens with zero attached hydrogens (tertiary/aromatic N) is 3. The van der Waals surface area contributed by atoms with Crippen LogP contribution in [0.1, 0.15) is 18.1 Å². The molecule has 0 saturated heterocycles.